The van der Waals surface area contributed by atoms with Crippen LogP contribution in [0.5, 0.6) is 5.75 Å². The van der Waals surface area contributed by atoms with E-state index < -0.39 is 10.0 Å². The van der Waals surface area contributed by atoms with E-state index in [2.05, 4.69) is 24.4 Å². The van der Waals surface area contributed by atoms with Gasteiger partial charge >= 0.3 is 0 Å². The molecule has 0 fully saturated rings. The molecule has 0 saturated heterocycles. The summed E-state index contributed by atoms with van der Waals surface area (Å²) in [5.74, 6) is 0.558. The Bertz CT molecular complexity index is 893. The molecule has 0 radical (unpaired) electrons. The number of rotatable bonds is 10. The average Bonchev–Trinajstić information content (AvgIpc) is 2.70. The van der Waals surface area contributed by atoms with Crippen molar-refractivity contribution >= 4 is 21.6 Å². The normalized spacial score (nSPS) is 12.3. The second-order valence-electron chi connectivity index (χ2n) is 7.02. The van der Waals surface area contributed by atoms with Gasteiger partial charge in [-0.15, -0.1) is 0 Å². The van der Waals surface area contributed by atoms with Crippen LogP contribution in [0.25, 0.3) is 0 Å². The van der Waals surface area contributed by atoms with Crippen molar-refractivity contribution in [3.8, 4) is 5.75 Å². The van der Waals surface area contributed by atoms with Crippen LogP contribution in [0, 0.1) is 0 Å². The number of nitrogens with zero attached hydrogens (tertiary/aromatic N) is 1. The Morgan fingerprint density at radius 1 is 1.10 bits per heavy atom. The second kappa shape index (κ2) is 10.3. The van der Waals surface area contributed by atoms with E-state index in [0.717, 1.165) is 12.0 Å². The molecule has 2 aromatic rings. The monoisotopic (exact) mass is 418 g/mol. The molecule has 0 spiro atoms. The van der Waals surface area contributed by atoms with Crippen molar-refractivity contribution in [2.75, 3.05) is 24.2 Å². The van der Waals surface area contributed by atoms with Crippen molar-refractivity contribution in [2.45, 2.75) is 39.2 Å². The quantitative estimate of drug-likeness (QED) is 0.639. The summed E-state index contributed by atoms with van der Waals surface area (Å²) in [4.78, 5) is 12.3. The van der Waals surface area contributed by atoms with Crippen LogP contribution < -0.4 is 14.4 Å². The molecule has 29 heavy (non-hydrogen) atoms. The first kappa shape index (κ1) is 22.7. The zero-order valence-corrected chi connectivity index (χ0v) is 18.3. The van der Waals surface area contributed by atoms with Gasteiger partial charge in [0.15, 0.2) is 0 Å². The number of carbonyl (C=O) groups excluding carboxylic acids is 1. The van der Waals surface area contributed by atoms with Gasteiger partial charge < -0.3 is 10.1 Å². The van der Waals surface area contributed by atoms with E-state index in [9.17, 15) is 13.2 Å². The lowest BCUT2D eigenvalue weighted by atomic mass is 10.0. The summed E-state index contributed by atoms with van der Waals surface area (Å²) in [5.41, 5.74) is 2.86. The molecule has 0 aliphatic carbocycles. The molecule has 2 aromatic carbocycles. The molecule has 0 aliphatic rings. The van der Waals surface area contributed by atoms with Gasteiger partial charge in [0.05, 0.1) is 25.1 Å². The molecule has 0 heterocycles. The Labute approximate surface area is 173 Å². The highest BCUT2D eigenvalue weighted by atomic mass is 32.2. The van der Waals surface area contributed by atoms with Crippen LogP contribution in [0.3, 0.4) is 0 Å². The molecule has 1 unspecified atom stereocenters. The summed E-state index contributed by atoms with van der Waals surface area (Å²) in [6.07, 6.45) is 2.82. The van der Waals surface area contributed by atoms with Gasteiger partial charge in [-0.1, -0.05) is 31.2 Å². The summed E-state index contributed by atoms with van der Waals surface area (Å²) in [5, 5.41) is 2.98. The van der Waals surface area contributed by atoms with E-state index in [1.807, 2.05) is 19.1 Å². The molecule has 2 rings (SSSR count). The van der Waals surface area contributed by atoms with Crippen LogP contribution in [-0.2, 0) is 21.2 Å². The highest BCUT2D eigenvalue weighted by Gasteiger charge is 2.18. The Balaban J connectivity index is 1.91. The van der Waals surface area contributed by atoms with E-state index in [4.69, 9.17) is 4.74 Å². The van der Waals surface area contributed by atoms with Crippen LogP contribution >= 0.6 is 0 Å². The lowest BCUT2D eigenvalue weighted by Gasteiger charge is -2.22. The minimum atomic E-state index is -3.45. The van der Waals surface area contributed by atoms with Crippen molar-refractivity contribution in [3.63, 3.8) is 0 Å². The molecule has 1 amide bonds. The molecule has 1 atom stereocenters. The van der Waals surface area contributed by atoms with Crippen LogP contribution in [0.15, 0.2) is 48.5 Å². The van der Waals surface area contributed by atoms with Crippen LogP contribution in [-0.4, -0.2) is 34.2 Å². The van der Waals surface area contributed by atoms with Crippen LogP contribution in [0.1, 0.15) is 43.9 Å². The number of aryl methyl sites for hydroxylation is 1. The first-order valence-electron chi connectivity index (χ1n) is 9.74. The summed E-state index contributed by atoms with van der Waals surface area (Å²) >= 11 is 0. The molecular formula is C22H30N2O4S. The van der Waals surface area contributed by atoms with Gasteiger partial charge in [-0.2, -0.15) is 0 Å². The number of sulfonamides is 1. The van der Waals surface area contributed by atoms with Crippen LogP contribution in [0.4, 0.5) is 5.69 Å². The van der Waals surface area contributed by atoms with E-state index in [0.29, 0.717) is 17.9 Å². The van der Waals surface area contributed by atoms with E-state index >= 15 is 0 Å². The third kappa shape index (κ3) is 6.78. The number of benzene rings is 2. The number of anilines is 1. The van der Waals surface area contributed by atoms with Gasteiger partial charge in [0.2, 0.25) is 15.9 Å². The number of hydrogen-bond donors (Lipinski definition) is 1. The standard InChI is InChI=1S/C22H30N2O4S/c1-5-18-8-10-19(11-9-18)17(2)23-22(25)7-6-16-24(29(4,26)27)20-12-14-21(28-3)15-13-20/h8-15,17H,5-7,16H2,1-4H3,(H,23,25). The Morgan fingerprint density at radius 2 is 1.72 bits per heavy atom. The molecule has 0 aromatic heterocycles. The fourth-order valence-electron chi connectivity index (χ4n) is 3.06. The topological polar surface area (TPSA) is 75.7 Å². The molecule has 1 N–H and O–H groups in total. The van der Waals surface area contributed by atoms with Gasteiger partial charge in [-0.05, 0) is 55.2 Å². The Morgan fingerprint density at radius 3 is 2.24 bits per heavy atom. The van der Waals surface area contributed by atoms with Gasteiger partial charge in [0, 0.05) is 13.0 Å². The number of nitrogens with one attached hydrogen (secondary N) is 1. The maximum atomic E-state index is 12.3. The Hall–Kier alpha value is -2.54. The predicted molar refractivity (Wildman–Crippen MR) is 117 cm³/mol. The third-order valence-electron chi connectivity index (χ3n) is 4.79. The first-order chi connectivity index (χ1) is 13.7. The predicted octanol–water partition coefficient (Wildman–Crippen LogP) is 3.68. The number of ether oxygens (including phenoxy) is 1. The van der Waals surface area contributed by atoms with Crippen molar-refractivity contribution < 1.29 is 17.9 Å². The van der Waals surface area contributed by atoms with Gasteiger partial charge in [0.25, 0.3) is 0 Å². The maximum Gasteiger partial charge on any atom is 0.232 e. The maximum absolute atomic E-state index is 12.3. The number of amides is 1. The van der Waals surface area contributed by atoms with Crippen molar-refractivity contribution in [1.82, 2.24) is 5.32 Å². The molecule has 158 valence electrons. The molecule has 0 bridgehead atoms. The van der Waals surface area contributed by atoms with Crippen LogP contribution in [0.2, 0.25) is 0 Å². The number of methoxy groups -OCH3 is 1. The summed E-state index contributed by atoms with van der Waals surface area (Å²) in [6, 6.07) is 14.9. The third-order valence-corrected chi connectivity index (χ3v) is 5.99. The van der Waals surface area contributed by atoms with E-state index in [-0.39, 0.29) is 24.9 Å². The minimum Gasteiger partial charge on any atom is -0.497 e. The zero-order valence-electron chi connectivity index (χ0n) is 17.5. The highest BCUT2D eigenvalue weighted by molar-refractivity contribution is 7.92. The largest absolute Gasteiger partial charge is 0.497 e. The summed E-state index contributed by atoms with van der Waals surface area (Å²) in [6.45, 7) is 4.28. The fraction of sp³-hybridized carbons (Fsp3) is 0.409. The number of carbonyl (C=O) groups is 1. The molecule has 0 saturated carbocycles. The smallest absolute Gasteiger partial charge is 0.232 e. The van der Waals surface area contributed by atoms with Crippen molar-refractivity contribution in [3.05, 3.63) is 59.7 Å². The lowest BCUT2D eigenvalue weighted by Crippen LogP contribution is -2.32. The lowest BCUT2D eigenvalue weighted by molar-refractivity contribution is -0.121. The molecule has 7 heteroatoms. The van der Waals surface area contributed by atoms with Gasteiger partial charge in [0.1, 0.15) is 5.75 Å². The minimum absolute atomic E-state index is 0.0963. The van der Waals surface area contributed by atoms with E-state index in [1.54, 1.807) is 31.4 Å². The molecule has 0 aliphatic heterocycles. The number of hydrogen-bond acceptors (Lipinski definition) is 4. The summed E-state index contributed by atoms with van der Waals surface area (Å²) in [7, 11) is -1.89. The molecular weight excluding hydrogens is 388 g/mol. The Kier molecular flexibility index (Phi) is 8.08. The fourth-order valence-corrected chi connectivity index (χ4v) is 4.02. The average molecular weight is 419 g/mol. The second-order valence-corrected chi connectivity index (χ2v) is 8.93. The van der Waals surface area contributed by atoms with Crippen molar-refractivity contribution in [2.24, 2.45) is 0 Å². The zero-order chi connectivity index (χ0) is 21.4. The van der Waals surface area contributed by atoms with Gasteiger partial charge in [-0.3, -0.25) is 9.10 Å². The van der Waals surface area contributed by atoms with Gasteiger partial charge in [-0.25, -0.2) is 8.42 Å². The van der Waals surface area contributed by atoms with E-state index in [1.165, 1.54) is 16.1 Å². The summed E-state index contributed by atoms with van der Waals surface area (Å²) < 4.78 is 30.8. The first-order valence-corrected chi connectivity index (χ1v) is 11.6. The SMILES string of the molecule is CCc1ccc(C(C)NC(=O)CCCN(c2ccc(OC)cc2)S(C)(=O)=O)cc1. The van der Waals surface area contributed by atoms with Crippen molar-refractivity contribution in [1.29, 1.82) is 0 Å². The highest BCUT2D eigenvalue weighted by Crippen LogP contribution is 2.22. The molecule has 6 nitrogen and oxygen atoms in total.